The van der Waals surface area contributed by atoms with Gasteiger partial charge in [0.05, 0.1) is 12.2 Å². The van der Waals surface area contributed by atoms with Gasteiger partial charge in [-0.25, -0.2) is 4.79 Å². The first-order valence-electron chi connectivity index (χ1n) is 13.5. The molecule has 7 nitrogen and oxygen atoms in total. The van der Waals surface area contributed by atoms with Gasteiger partial charge < -0.3 is 25.6 Å². The first-order chi connectivity index (χ1) is 18.4. The van der Waals surface area contributed by atoms with Crippen LogP contribution < -0.4 is 25.6 Å². The summed E-state index contributed by atoms with van der Waals surface area (Å²) < 4.78 is 5.45. The maximum Gasteiger partial charge on any atom is 0.323 e. The molecule has 0 aliphatic carbocycles. The Balaban J connectivity index is 1.43. The molecule has 0 radical (unpaired) electrons. The molecule has 1 heterocycles. The second kappa shape index (κ2) is 13.0. The van der Waals surface area contributed by atoms with Crippen molar-refractivity contribution in [3.63, 3.8) is 0 Å². The SMILES string of the molecule is CCOc1ccc(NC(=O)Nc2ccc(N3CCC(Cc4ccccc4)CC3)c(C(=O)NC(C)C)c2)cc1. The zero-order valence-electron chi connectivity index (χ0n) is 22.5. The molecule has 1 saturated heterocycles. The fourth-order valence-electron chi connectivity index (χ4n) is 4.83. The lowest BCUT2D eigenvalue weighted by atomic mass is 9.89. The molecular weight excluding hydrogens is 476 g/mol. The number of benzene rings is 3. The molecule has 1 aliphatic heterocycles. The molecule has 7 heteroatoms. The number of carbonyl (C=O) groups is 2. The van der Waals surface area contributed by atoms with Crippen molar-refractivity contribution in [2.45, 2.75) is 46.1 Å². The van der Waals surface area contributed by atoms with Crippen LogP contribution in [0.25, 0.3) is 0 Å². The quantitative estimate of drug-likeness (QED) is 0.312. The molecule has 0 bridgehead atoms. The Morgan fingerprint density at radius 1 is 0.921 bits per heavy atom. The molecule has 0 atom stereocenters. The normalized spacial score (nSPS) is 13.7. The predicted octanol–water partition coefficient (Wildman–Crippen LogP) is 6.33. The summed E-state index contributed by atoms with van der Waals surface area (Å²) in [5.74, 6) is 1.24. The van der Waals surface area contributed by atoms with E-state index in [1.165, 1.54) is 5.56 Å². The van der Waals surface area contributed by atoms with Gasteiger partial charge in [-0.05, 0) is 94.0 Å². The van der Waals surface area contributed by atoms with E-state index < -0.39 is 0 Å². The summed E-state index contributed by atoms with van der Waals surface area (Å²) in [5, 5.41) is 8.70. The van der Waals surface area contributed by atoms with E-state index >= 15 is 0 Å². The lowest BCUT2D eigenvalue weighted by Gasteiger charge is -2.35. The van der Waals surface area contributed by atoms with E-state index in [1.807, 2.05) is 45.0 Å². The maximum atomic E-state index is 13.2. The highest BCUT2D eigenvalue weighted by molar-refractivity contribution is 6.04. The van der Waals surface area contributed by atoms with Gasteiger partial charge in [-0.15, -0.1) is 0 Å². The summed E-state index contributed by atoms with van der Waals surface area (Å²) in [7, 11) is 0. The number of rotatable bonds is 9. The molecule has 38 heavy (non-hydrogen) atoms. The van der Waals surface area contributed by atoms with E-state index in [0.29, 0.717) is 29.5 Å². The number of nitrogens with zero attached hydrogens (tertiary/aromatic N) is 1. The first kappa shape index (κ1) is 27.0. The Kier molecular flexibility index (Phi) is 9.25. The highest BCUT2D eigenvalue weighted by atomic mass is 16.5. The van der Waals surface area contributed by atoms with Gasteiger partial charge in [0.2, 0.25) is 0 Å². The number of nitrogens with one attached hydrogen (secondary N) is 3. The highest BCUT2D eigenvalue weighted by Crippen LogP contribution is 2.30. The molecular formula is C31H38N4O3. The van der Waals surface area contributed by atoms with Crippen LogP contribution in [0.1, 0.15) is 49.5 Å². The lowest BCUT2D eigenvalue weighted by Crippen LogP contribution is -2.37. The van der Waals surface area contributed by atoms with Crippen LogP contribution in [-0.2, 0) is 6.42 Å². The van der Waals surface area contributed by atoms with Crippen molar-refractivity contribution in [3.05, 3.63) is 83.9 Å². The molecule has 3 aromatic rings. The van der Waals surface area contributed by atoms with Crippen molar-refractivity contribution >= 4 is 29.0 Å². The van der Waals surface area contributed by atoms with Crippen LogP contribution in [0.15, 0.2) is 72.8 Å². The predicted molar refractivity (Wildman–Crippen MR) is 154 cm³/mol. The third kappa shape index (κ3) is 7.51. The zero-order valence-corrected chi connectivity index (χ0v) is 22.5. The Bertz CT molecular complexity index is 1200. The van der Waals surface area contributed by atoms with Gasteiger partial charge in [-0.3, -0.25) is 4.79 Å². The van der Waals surface area contributed by atoms with Crippen LogP contribution >= 0.6 is 0 Å². The Labute approximate surface area is 225 Å². The van der Waals surface area contributed by atoms with E-state index in [1.54, 1.807) is 18.2 Å². The molecule has 3 aromatic carbocycles. The Morgan fingerprint density at radius 2 is 1.58 bits per heavy atom. The average Bonchev–Trinajstić information content (AvgIpc) is 2.91. The van der Waals surface area contributed by atoms with Crippen LogP contribution in [-0.4, -0.2) is 37.7 Å². The minimum Gasteiger partial charge on any atom is -0.494 e. The van der Waals surface area contributed by atoms with Crippen molar-refractivity contribution < 1.29 is 14.3 Å². The smallest absolute Gasteiger partial charge is 0.323 e. The molecule has 0 unspecified atom stereocenters. The molecule has 0 saturated carbocycles. The van der Waals surface area contributed by atoms with Gasteiger partial charge in [0.25, 0.3) is 5.91 Å². The van der Waals surface area contributed by atoms with Crippen molar-refractivity contribution in [1.82, 2.24) is 5.32 Å². The molecule has 4 rings (SSSR count). The van der Waals surface area contributed by atoms with Crippen LogP contribution in [0, 0.1) is 5.92 Å². The summed E-state index contributed by atoms with van der Waals surface area (Å²) in [4.78, 5) is 28.1. The molecule has 0 spiro atoms. The molecule has 200 valence electrons. The van der Waals surface area contributed by atoms with E-state index in [-0.39, 0.29) is 18.0 Å². The summed E-state index contributed by atoms with van der Waals surface area (Å²) in [5.41, 5.74) is 4.06. The van der Waals surface area contributed by atoms with Gasteiger partial charge in [0.15, 0.2) is 0 Å². The summed E-state index contributed by atoms with van der Waals surface area (Å²) in [6.07, 6.45) is 3.23. The summed E-state index contributed by atoms with van der Waals surface area (Å²) in [6.45, 7) is 8.18. The first-order valence-corrected chi connectivity index (χ1v) is 13.5. The van der Waals surface area contributed by atoms with E-state index in [0.717, 1.165) is 43.8 Å². The fourth-order valence-corrected chi connectivity index (χ4v) is 4.83. The monoisotopic (exact) mass is 514 g/mol. The van der Waals surface area contributed by atoms with Crippen LogP contribution in [0.2, 0.25) is 0 Å². The third-order valence-electron chi connectivity index (χ3n) is 6.66. The zero-order chi connectivity index (χ0) is 26.9. The number of hydrogen-bond acceptors (Lipinski definition) is 4. The van der Waals surface area contributed by atoms with E-state index in [2.05, 4.69) is 51.2 Å². The number of amides is 3. The average molecular weight is 515 g/mol. The topological polar surface area (TPSA) is 82.7 Å². The molecule has 0 aromatic heterocycles. The van der Waals surface area contributed by atoms with Crippen molar-refractivity contribution in [2.75, 3.05) is 35.2 Å². The van der Waals surface area contributed by atoms with Gasteiger partial charge in [-0.1, -0.05) is 30.3 Å². The summed E-state index contributed by atoms with van der Waals surface area (Å²) in [6, 6.07) is 23.0. The highest BCUT2D eigenvalue weighted by Gasteiger charge is 2.24. The summed E-state index contributed by atoms with van der Waals surface area (Å²) >= 11 is 0. The van der Waals surface area contributed by atoms with Gasteiger partial charge in [-0.2, -0.15) is 0 Å². The fraction of sp³-hybridized carbons (Fsp3) is 0.355. The van der Waals surface area contributed by atoms with Crippen LogP contribution in [0.4, 0.5) is 21.9 Å². The number of ether oxygens (including phenoxy) is 1. The number of piperidine rings is 1. The van der Waals surface area contributed by atoms with Gasteiger partial charge >= 0.3 is 6.03 Å². The number of urea groups is 1. The van der Waals surface area contributed by atoms with Gasteiger partial charge in [0.1, 0.15) is 5.75 Å². The van der Waals surface area contributed by atoms with Crippen LogP contribution in [0.3, 0.4) is 0 Å². The number of anilines is 3. The largest absolute Gasteiger partial charge is 0.494 e. The molecule has 1 aliphatic rings. The standard InChI is InChI=1S/C31H38N4O3/c1-4-38-27-13-10-25(11-14-27)33-31(37)34-26-12-15-29(28(21-26)30(36)32-22(2)3)35-18-16-24(17-19-35)20-23-8-6-5-7-9-23/h5-15,21-22,24H,4,16-20H2,1-3H3,(H,32,36)(H2,33,34,37). The van der Waals surface area contributed by atoms with E-state index in [9.17, 15) is 9.59 Å². The minimum atomic E-state index is -0.376. The second-order valence-corrected chi connectivity index (χ2v) is 10.0. The van der Waals surface area contributed by atoms with Crippen molar-refractivity contribution in [3.8, 4) is 5.75 Å². The molecule has 1 fully saturated rings. The number of hydrogen-bond donors (Lipinski definition) is 3. The van der Waals surface area contributed by atoms with Crippen molar-refractivity contribution in [1.29, 1.82) is 0 Å². The minimum absolute atomic E-state index is 0.00605. The maximum absolute atomic E-state index is 13.2. The van der Waals surface area contributed by atoms with E-state index in [4.69, 9.17) is 4.74 Å². The molecule has 3 amide bonds. The van der Waals surface area contributed by atoms with Gasteiger partial charge in [0, 0.05) is 36.2 Å². The number of carbonyl (C=O) groups excluding carboxylic acids is 2. The lowest BCUT2D eigenvalue weighted by molar-refractivity contribution is 0.0943. The Morgan fingerprint density at radius 3 is 2.24 bits per heavy atom. The third-order valence-corrected chi connectivity index (χ3v) is 6.66. The second-order valence-electron chi connectivity index (χ2n) is 10.0. The Hall–Kier alpha value is -4.00. The van der Waals surface area contributed by atoms with Crippen molar-refractivity contribution in [2.24, 2.45) is 5.92 Å². The molecule has 3 N–H and O–H groups in total. The van der Waals surface area contributed by atoms with Crippen LogP contribution in [0.5, 0.6) is 5.75 Å².